The fourth-order valence-electron chi connectivity index (χ4n) is 6.46. The van der Waals surface area contributed by atoms with Gasteiger partial charge in [0.25, 0.3) is 0 Å². The van der Waals surface area contributed by atoms with E-state index in [4.69, 9.17) is 19.4 Å². The Hall–Kier alpha value is -3.37. The van der Waals surface area contributed by atoms with Crippen molar-refractivity contribution < 1.29 is 37.4 Å². The minimum atomic E-state index is -2.97. The van der Waals surface area contributed by atoms with Crippen LogP contribution in [0.15, 0.2) is 18.2 Å². The second-order valence-electron chi connectivity index (χ2n) is 13.1. The number of rotatable bonds is 4. The number of carbonyl (C=O) groups is 3. The van der Waals surface area contributed by atoms with Crippen LogP contribution in [0.1, 0.15) is 78.3 Å². The third-order valence-electron chi connectivity index (χ3n) is 9.05. The van der Waals surface area contributed by atoms with Gasteiger partial charge in [-0.05, 0) is 55.6 Å². The molecule has 234 valence electrons. The first-order chi connectivity index (χ1) is 20.5. The summed E-state index contributed by atoms with van der Waals surface area (Å²) < 4.78 is 42.6. The van der Waals surface area contributed by atoms with Gasteiger partial charge in [0.05, 0.1) is 36.0 Å². The lowest BCUT2D eigenvalue weighted by molar-refractivity contribution is -0.153. The Bertz CT molecular complexity index is 1350. The average molecular weight is 602 g/mol. The lowest BCUT2D eigenvalue weighted by Crippen LogP contribution is -2.46. The Balaban J connectivity index is 1.51. The molecule has 3 aliphatic rings. The van der Waals surface area contributed by atoms with Gasteiger partial charge in [-0.3, -0.25) is 9.59 Å². The maximum absolute atomic E-state index is 14.1. The molecule has 1 aromatic carbocycles. The van der Waals surface area contributed by atoms with Crippen LogP contribution in [0.5, 0.6) is 11.6 Å². The second kappa shape index (κ2) is 12.7. The number of amides is 1. The number of halogens is 2. The van der Waals surface area contributed by atoms with Crippen LogP contribution >= 0.6 is 0 Å². The van der Waals surface area contributed by atoms with Crippen molar-refractivity contribution in [3.63, 3.8) is 0 Å². The fraction of sp³-hybridized carbons (Fsp3) is 0.656. The zero-order valence-electron chi connectivity index (χ0n) is 25.3. The van der Waals surface area contributed by atoms with Crippen molar-refractivity contribution in [1.82, 2.24) is 14.9 Å². The number of esters is 1. The van der Waals surface area contributed by atoms with Crippen LogP contribution in [-0.4, -0.2) is 64.4 Å². The smallest absolute Gasteiger partial charge is 0.387 e. The van der Waals surface area contributed by atoms with E-state index in [1.54, 1.807) is 11.0 Å². The first-order valence-corrected chi connectivity index (χ1v) is 15.4. The van der Waals surface area contributed by atoms with Crippen LogP contribution in [0.4, 0.5) is 8.78 Å². The van der Waals surface area contributed by atoms with Gasteiger partial charge >= 0.3 is 12.6 Å². The first kappa shape index (κ1) is 31.1. The molecule has 2 aliphatic heterocycles. The van der Waals surface area contributed by atoms with Crippen molar-refractivity contribution in [1.29, 1.82) is 0 Å². The molecule has 1 aliphatic carbocycles. The minimum Gasteiger partial charge on any atom is -0.471 e. The lowest BCUT2D eigenvalue weighted by Gasteiger charge is -2.34. The quantitative estimate of drug-likeness (QED) is 0.333. The third-order valence-corrected chi connectivity index (χ3v) is 9.05. The van der Waals surface area contributed by atoms with Gasteiger partial charge in [0.15, 0.2) is 0 Å². The van der Waals surface area contributed by atoms with Crippen LogP contribution < -0.4 is 9.47 Å². The summed E-state index contributed by atoms with van der Waals surface area (Å²) in [7, 11) is 0. The molecule has 11 heteroatoms. The van der Waals surface area contributed by atoms with Crippen molar-refractivity contribution in [2.75, 3.05) is 6.54 Å². The summed E-state index contributed by atoms with van der Waals surface area (Å²) in [6, 6.07) is 3.70. The zero-order chi connectivity index (χ0) is 30.9. The number of alkyl halides is 2. The zero-order valence-corrected chi connectivity index (χ0v) is 25.3. The molecule has 3 heterocycles. The number of aryl methyl sites for hydroxylation is 1. The number of ether oxygens (including phenoxy) is 3. The predicted octanol–water partition coefficient (Wildman–Crippen LogP) is 5.52. The summed E-state index contributed by atoms with van der Waals surface area (Å²) in [5.74, 6) is -1.09. The molecule has 43 heavy (non-hydrogen) atoms. The van der Waals surface area contributed by atoms with Gasteiger partial charge in [-0.25, -0.2) is 9.97 Å². The van der Waals surface area contributed by atoms with Crippen LogP contribution in [0, 0.1) is 23.2 Å². The summed E-state index contributed by atoms with van der Waals surface area (Å²) in [6.45, 7) is 4.84. The molecule has 9 nitrogen and oxygen atoms in total. The van der Waals surface area contributed by atoms with Gasteiger partial charge in [0.1, 0.15) is 29.9 Å². The van der Waals surface area contributed by atoms with Gasteiger partial charge in [0, 0.05) is 12.0 Å². The summed E-state index contributed by atoms with van der Waals surface area (Å²) in [5, 5.41) is 0. The van der Waals surface area contributed by atoms with Gasteiger partial charge in [0.2, 0.25) is 11.8 Å². The molecular weight excluding hydrogens is 560 g/mol. The number of aldehydes is 1. The SMILES string of the molecule is CC[C@@H]1[C@@H]2CN(C(=O)[C@H](C(C)(C)C)CC(=O)O[C@@H]3C[C@H]3CCCCCc3nc4ccc(OC(F)F)cc4nc3O2)[C@@H]1C=O. The fourth-order valence-corrected chi connectivity index (χ4v) is 6.46. The van der Waals surface area contributed by atoms with Crippen molar-refractivity contribution in [2.45, 2.75) is 104 Å². The minimum absolute atomic E-state index is 0.0350. The number of hydrogen-bond donors (Lipinski definition) is 0. The van der Waals surface area contributed by atoms with Crippen molar-refractivity contribution >= 4 is 29.2 Å². The third kappa shape index (κ3) is 7.07. The summed E-state index contributed by atoms with van der Waals surface area (Å²) in [5.41, 5.74) is 0.964. The highest BCUT2D eigenvalue weighted by Crippen LogP contribution is 2.41. The number of aromatic nitrogens is 2. The number of nitrogens with zero attached hydrogens (tertiary/aromatic N) is 3. The van der Waals surface area contributed by atoms with E-state index in [0.29, 0.717) is 35.5 Å². The van der Waals surface area contributed by atoms with Gasteiger partial charge in [-0.1, -0.05) is 40.5 Å². The van der Waals surface area contributed by atoms with Gasteiger partial charge in [-0.2, -0.15) is 8.78 Å². The van der Waals surface area contributed by atoms with Crippen LogP contribution in [0.3, 0.4) is 0 Å². The topological polar surface area (TPSA) is 108 Å². The maximum atomic E-state index is 14.1. The van der Waals surface area contributed by atoms with Gasteiger partial charge in [-0.15, -0.1) is 0 Å². The largest absolute Gasteiger partial charge is 0.471 e. The molecule has 0 spiro atoms. The van der Waals surface area contributed by atoms with E-state index in [9.17, 15) is 23.2 Å². The molecule has 2 aromatic rings. The molecule has 0 radical (unpaired) electrons. The Morgan fingerprint density at radius 1 is 1.09 bits per heavy atom. The Morgan fingerprint density at radius 2 is 1.88 bits per heavy atom. The number of hydrogen-bond acceptors (Lipinski definition) is 8. The average Bonchev–Trinajstić information content (AvgIpc) is 3.57. The first-order valence-electron chi connectivity index (χ1n) is 15.4. The highest BCUT2D eigenvalue weighted by molar-refractivity contribution is 5.87. The number of benzene rings is 1. The summed E-state index contributed by atoms with van der Waals surface area (Å²) in [4.78, 5) is 50.5. The van der Waals surface area contributed by atoms with E-state index in [1.807, 2.05) is 27.7 Å². The summed E-state index contributed by atoms with van der Waals surface area (Å²) >= 11 is 0. The Kier molecular flexibility index (Phi) is 9.18. The standard InChI is InChI=1S/C32H41F2N3O6/c1-5-20-25(17-38)37-16-27(20)43-29-23(35-22-12-11-19(41-31(33)34)14-24(22)36-29)10-8-6-7-9-18-13-26(18)42-28(39)15-21(30(37)40)32(2,3)4/h11-12,14,17-18,20-21,25-27,31H,5-10,13,15-16H2,1-4H3/t18-,20+,21-,25-,26-,27+/m1/s1. The van der Waals surface area contributed by atoms with Crippen molar-refractivity contribution in [3.8, 4) is 11.6 Å². The molecule has 2 bridgehead atoms. The molecule has 1 amide bonds. The summed E-state index contributed by atoms with van der Waals surface area (Å²) in [6.07, 6.45) is 5.76. The highest BCUT2D eigenvalue weighted by Gasteiger charge is 2.49. The molecule has 6 atom stereocenters. The van der Waals surface area contributed by atoms with Crippen LogP contribution in [0.2, 0.25) is 0 Å². The van der Waals surface area contributed by atoms with Crippen molar-refractivity contribution in [3.05, 3.63) is 23.9 Å². The highest BCUT2D eigenvalue weighted by atomic mass is 19.3. The normalized spacial score (nSPS) is 28.8. The Morgan fingerprint density at radius 3 is 2.58 bits per heavy atom. The van der Waals surface area contributed by atoms with E-state index < -0.39 is 30.1 Å². The maximum Gasteiger partial charge on any atom is 0.387 e. The van der Waals surface area contributed by atoms with Crippen LogP contribution in [0.25, 0.3) is 11.0 Å². The van der Waals surface area contributed by atoms with Crippen LogP contribution in [-0.2, 0) is 25.5 Å². The van der Waals surface area contributed by atoms with E-state index in [1.165, 1.54) is 12.1 Å². The van der Waals surface area contributed by atoms with E-state index in [0.717, 1.165) is 38.4 Å². The molecule has 5 rings (SSSR count). The molecule has 0 unspecified atom stereocenters. The lowest BCUT2D eigenvalue weighted by atomic mass is 9.77. The Labute approximate surface area is 250 Å². The van der Waals surface area contributed by atoms with Crippen molar-refractivity contribution in [2.24, 2.45) is 23.2 Å². The molecule has 1 aromatic heterocycles. The van der Waals surface area contributed by atoms with E-state index >= 15 is 0 Å². The van der Waals surface area contributed by atoms with Gasteiger partial charge < -0.3 is 23.9 Å². The predicted molar refractivity (Wildman–Crippen MR) is 154 cm³/mol. The van der Waals surface area contributed by atoms with E-state index in [-0.39, 0.29) is 48.5 Å². The molecule has 0 N–H and O–H groups in total. The second-order valence-corrected chi connectivity index (χ2v) is 13.1. The molecule has 1 saturated heterocycles. The number of fused-ring (bicyclic) bond motifs is 5. The molecule has 1 saturated carbocycles. The van der Waals surface area contributed by atoms with E-state index in [2.05, 4.69) is 4.74 Å². The number of carbonyl (C=O) groups excluding carboxylic acids is 3. The molecular formula is C32H41F2N3O6. The monoisotopic (exact) mass is 601 g/mol. The molecule has 2 fully saturated rings.